The van der Waals surface area contributed by atoms with Gasteiger partial charge >= 0.3 is 12.6 Å². The fraction of sp³-hybridized carbons (Fsp3) is 0.429. The standard InChI is InChI=1S/C14H14F3NO4/c1-7-9(13(20)21)4-5-18(7)12(19)10-3-2-8(15)6-11(10)22-14(16)17/h2-3,6-7,9,14H,4-5H2,1H3,(H,20,21). The SMILES string of the molecule is CC1C(C(=O)O)CCN1C(=O)c1ccc(F)cc1OC(F)F. The summed E-state index contributed by atoms with van der Waals surface area (Å²) in [4.78, 5) is 24.8. The molecule has 2 rings (SSSR count). The van der Waals surface area contributed by atoms with E-state index in [1.807, 2.05) is 0 Å². The predicted molar refractivity (Wildman–Crippen MR) is 69.3 cm³/mol. The number of likely N-dealkylation sites (tertiary alicyclic amines) is 1. The van der Waals surface area contributed by atoms with Gasteiger partial charge in [-0.15, -0.1) is 0 Å². The zero-order chi connectivity index (χ0) is 16.4. The molecule has 1 N–H and O–H groups in total. The largest absolute Gasteiger partial charge is 0.481 e. The van der Waals surface area contributed by atoms with E-state index in [9.17, 15) is 22.8 Å². The molecule has 0 aromatic heterocycles. The van der Waals surface area contributed by atoms with Gasteiger partial charge in [0.15, 0.2) is 0 Å². The highest BCUT2D eigenvalue weighted by atomic mass is 19.3. The first-order valence-electron chi connectivity index (χ1n) is 6.59. The number of hydrogen-bond acceptors (Lipinski definition) is 3. The first kappa shape index (κ1) is 16.1. The number of hydrogen-bond donors (Lipinski definition) is 1. The quantitative estimate of drug-likeness (QED) is 0.926. The Morgan fingerprint density at radius 3 is 2.64 bits per heavy atom. The Labute approximate surface area is 124 Å². The first-order chi connectivity index (χ1) is 10.3. The second kappa shape index (κ2) is 6.25. The van der Waals surface area contributed by atoms with Gasteiger partial charge in [-0.3, -0.25) is 9.59 Å². The van der Waals surface area contributed by atoms with Crippen molar-refractivity contribution >= 4 is 11.9 Å². The lowest BCUT2D eigenvalue weighted by Gasteiger charge is -2.24. The van der Waals surface area contributed by atoms with Crippen LogP contribution in [0.15, 0.2) is 18.2 Å². The molecule has 22 heavy (non-hydrogen) atoms. The van der Waals surface area contributed by atoms with Gasteiger partial charge < -0.3 is 14.7 Å². The zero-order valence-electron chi connectivity index (χ0n) is 11.6. The number of carboxylic acid groups (broad SMARTS) is 1. The van der Waals surface area contributed by atoms with Crippen molar-refractivity contribution < 1.29 is 32.6 Å². The van der Waals surface area contributed by atoms with Gasteiger partial charge in [0.1, 0.15) is 11.6 Å². The van der Waals surface area contributed by atoms with Crippen LogP contribution in [0.25, 0.3) is 0 Å². The minimum absolute atomic E-state index is 0.183. The van der Waals surface area contributed by atoms with Crippen molar-refractivity contribution in [2.75, 3.05) is 6.54 Å². The third-order valence-electron chi connectivity index (χ3n) is 3.72. The molecule has 1 aliphatic rings. The van der Waals surface area contributed by atoms with E-state index < -0.39 is 42.0 Å². The number of carboxylic acids is 1. The average Bonchev–Trinajstić information content (AvgIpc) is 2.79. The Kier molecular flexibility index (Phi) is 4.58. The maximum Gasteiger partial charge on any atom is 0.387 e. The van der Waals surface area contributed by atoms with Crippen LogP contribution < -0.4 is 4.74 Å². The summed E-state index contributed by atoms with van der Waals surface area (Å²) >= 11 is 0. The van der Waals surface area contributed by atoms with Crippen LogP contribution >= 0.6 is 0 Å². The Bertz CT molecular complexity index is 593. The lowest BCUT2D eigenvalue weighted by atomic mass is 10.0. The van der Waals surface area contributed by atoms with E-state index in [4.69, 9.17) is 5.11 Å². The van der Waals surface area contributed by atoms with Gasteiger partial charge in [0.2, 0.25) is 0 Å². The van der Waals surface area contributed by atoms with Crippen molar-refractivity contribution in [2.45, 2.75) is 26.0 Å². The smallest absolute Gasteiger partial charge is 0.387 e. The number of benzene rings is 1. The van der Waals surface area contributed by atoms with Gasteiger partial charge in [-0.25, -0.2) is 4.39 Å². The molecule has 2 atom stereocenters. The monoisotopic (exact) mass is 317 g/mol. The maximum absolute atomic E-state index is 13.2. The van der Waals surface area contributed by atoms with Gasteiger partial charge in [0, 0.05) is 18.7 Å². The molecule has 120 valence electrons. The summed E-state index contributed by atoms with van der Waals surface area (Å²) in [5.74, 6) is -3.78. The van der Waals surface area contributed by atoms with Crippen LogP contribution in [0.3, 0.4) is 0 Å². The number of carbonyl (C=O) groups is 2. The number of halogens is 3. The average molecular weight is 317 g/mol. The molecule has 1 aromatic rings. The maximum atomic E-state index is 13.2. The van der Waals surface area contributed by atoms with Crippen LogP contribution in [0.4, 0.5) is 13.2 Å². The summed E-state index contributed by atoms with van der Waals surface area (Å²) in [6, 6.07) is 2.13. The fourth-order valence-electron chi connectivity index (χ4n) is 2.58. The number of aliphatic carboxylic acids is 1. The first-order valence-corrected chi connectivity index (χ1v) is 6.59. The van der Waals surface area contributed by atoms with Crippen molar-refractivity contribution in [3.05, 3.63) is 29.6 Å². The molecule has 0 spiro atoms. The Balaban J connectivity index is 2.28. The fourth-order valence-corrected chi connectivity index (χ4v) is 2.58. The molecular formula is C14H14F3NO4. The number of carbonyl (C=O) groups excluding carboxylic acids is 1. The molecule has 1 fully saturated rings. The topological polar surface area (TPSA) is 66.8 Å². The number of ether oxygens (including phenoxy) is 1. The predicted octanol–water partition coefficient (Wildman–Crippen LogP) is 2.36. The highest BCUT2D eigenvalue weighted by molar-refractivity contribution is 5.97. The third-order valence-corrected chi connectivity index (χ3v) is 3.72. The normalized spacial score (nSPS) is 21.2. The zero-order valence-corrected chi connectivity index (χ0v) is 11.6. The molecule has 0 aliphatic carbocycles. The van der Waals surface area contributed by atoms with Crippen LogP contribution in [0.2, 0.25) is 0 Å². The Hall–Kier alpha value is -2.25. The number of nitrogens with zero attached hydrogens (tertiary/aromatic N) is 1. The second-order valence-corrected chi connectivity index (χ2v) is 4.99. The molecule has 1 saturated heterocycles. The van der Waals surface area contributed by atoms with Crippen molar-refractivity contribution in [3.63, 3.8) is 0 Å². The van der Waals surface area contributed by atoms with Crippen LogP contribution in [-0.4, -0.2) is 41.1 Å². The summed E-state index contributed by atoms with van der Waals surface area (Å²) in [6.45, 7) is -1.44. The molecule has 0 radical (unpaired) electrons. The molecule has 1 amide bonds. The van der Waals surface area contributed by atoms with Crippen LogP contribution in [0, 0.1) is 11.7 Å². The van der Waals surface area contributed by atoms with E-state index in [0.29, 0.717) is 6.07 Å². The van der Waals surface area contributed by atoms with Crippen molar-refractivity contribution in [2.24, 2.45) is 5.92 Å². The second-order valence-electron chi connectivity index (χ2n) is 4.99. The van der Waals surface area contributed by atoms with Crippen molar-refractivity contribution in [3.8, 4) is 5.75 Å². The summed E-state index contributed by atoms with van der Waals surface area (Å²) in [7, 11) is 0. The minimum atomic E-state index is -3.20. The van der Waals surface area contributed by atoms with Gasteiger partial charge in [-0.05, 0) is 25.5 Å². The summed E-state index contributed by atoms with van der Waals surface area (Å²) in [5.41, 5.74) is -0.223. The lowest BCUT2D eigenvalue weighted by molar-refractivity contribution is -0.142. The lowest BCUT2D eigenvalue weighted by Crippen LogP contribution is -2.37. The number of rotatable bonds is 4. The molecule has 5 nitrogen and oxygen atoms in total. The van der Waals surface area contributed by atoms with Gasteiger partial charge in [-0.2, -0.15) is 8.78 Å². The van der Waals surface area contributed by atoms with E-state index in [0.717, 1.165) is 12.1 Å². The molecular weight excluding hydrogens is 303 g/mol. The molecule has 2 unspecified atom stereocenters. The van der Waals surface area contributed by atoms with Gasteiger partial charge in [0.05, 0.1) is 11.5 Å². The van der Waals surface area contributed by atoms with Gasteiger partial charge in [0.25, 0.3) is 5.91 Å². The van der Waals surface area contributed by atoms with Gasteiger partial charge in [-0.1, -0.05) is 0 Å². The minimum Gasteiger partial charge on any atom is -0.481 e. The van der Waals surface area contributed by atoms with Crippen LogP contribution in [0.1, 0.15) is 23.7 Å². The Morgan fingerprint density at radius 2 is 2.09 bits per heavy atom. The van der Waals surface area contributed by atoms with E-state index in [1.165, 1.54) is 4.90 Å². The summed E-state index contributed by atoms with van der Waals surface area (Å²) in [6.07, 6.45) is 0.272. The van der Waals surface area contributed by atoms with E-state index in [1.54, 1.807) is 6.92 Å². The number of amides is 1. The van der Waals surface area contributed by atoms with Crippen LogP contribution in [0.5, 0.6) is 5.75 Å². The molecule has 1 heterocycles. The number of alkyl halides is 2. The molecule has 8 heteroatoms. The van der Waals surface area contributed by atoms with Crippen molar-refractivity contribution in [1.82, 2.24) is 4.90 Å². The van der Waals surface area contributed by atoms with E-state index >= 15 is 0 Å². The third kappa shape index (κ3) is 3.15. The molecule has 1 aliphatic heterocycles. The summed E-state index contributed by atoms with van der Waals surface area (Å²) < 4.78 is 42.1. The summed E-state index contributed by atoms with van der Waals surface area (Å²) in [5, 5.41) is 9.05. The van der Waals surface area contributed by atoms with Crippen LogP contribution in [-0.2, 0) is 4.79 Å². The van der Waals surface area contributed by atoms with E-state index in [-0.39, 0.29) is 18.5 Å². The molecule has 0 saturated carbocycles. The highest BCUT2D eigenvalue weighted by Gasteiger charge is 2.39. The van der Waals surface area contributed by atoms with Crippen molar-refractivity contribution in [1.29, 1.82) is 0 Å². The highest BCUT2D eigenvalue weighted by Crippen LogP contribution is 2.29. The molecule has 1 aromatic carbocycles. The van der Waals surface area contributed by atoms with E-state index in [2.05, 4.69) is 4.74 Å². The Morgan fingerprint density at radius 1 is 1.41 bits per heavy atom. The molecule has 0 bridgehead atoms.